The van der Waals surface area contributed by atoms with E-state index < -0.39 is 0 Å². The standard InChI is InChI=1S/C14H30N2OS/c1-12(2)10-14(11-15,13(3,4)17-12)16(5)8-7-9-18-6/h7-11,15H2,1-6H3. The van der Waals surface area contributed by atoms with E-state index in [-0.39, 0.29) is 16.7 Å². The van der Waals surface area contributed by atoms with Crippen LogP contribution in [-0.4, -0.2) is 53.8 Å². The fraction of sp³-hybridized carbons (Fsp3) is 1.00. The van der Waals surface area contributed by atoms with Crippen molar-refractivity contribution < 1.29 is 4.74 Å². The van der Waals surface area contributed by atoms with Gasteiger partial charge in [0, 0.05) is 6.54 Å². The summed E-state index contributed by atoms with van der Waals surface area (Å²) in [6.07, 6.45) is 4.36. The molecule has 18 heavy (non-hydrogen) atoms. The van der Waals surface area contributed by atoms with Crippen LogP contribution in [0.5, 0.6) is 0 Å². The van der Waals surface area contributed by atoms with Crippen LogP contribution in [0.3, 0.4) is 0 Å². The fourth-order valence-electron chi connectivity index (χ4n) is 3.47. The number of rotatable bonds is 6. The van der Waals surface area contributed by atoms with Crippen molar-refractivity contribution >= 4 is 11.8 Å². The first-order chi connectivity index (χ1) is 8.21. The van der Waals surface area contributed by atoms with Gasteiger partial charge in [-0.25, -0.2) is 0 Å². The Bertz CT molecular complexity index is 281. The van der Waals surface area contributed by atoms with E-state index in [1.165, 1.54) is 12.2 Å². The number of hydrogen-bond acceptors (Lipinski definition) is 4. The summed E-state index contributed by atoms with van der Waals surface area (Å²) < 4.78 is 6.24. The second-order valence-electron chi connectivity index (χ2n) is 6.55. The third kappa shape index (κ3) is 3.03. The number of likely N-dealkylation sites (N-methyl/N-ethyl adjacent to an activating group) is 1. The molecule has 0 amide bonds. The third-order valence-electron chi connectivity index (χ3n) is 4.28. The highest BCUT2D eigenvalue weighted by molar-refractivity contribution is 7.98. The highest BCUT2D eigenvalue weighted by Crippen LogP contribution is 2.47. The molecule has 0 aromatic heterocycles. The molecule has 1 fully saturated rings. The van der Waals surface area contributed by atoms with Crippen LogP contribution >= 0.6 is 11.8 Å². The van der Waals surface area contributed by atoms with Crippen LogP contribution in [0.1, 0.15) is 40.5 Å². The summed E-state index contributed by atoms with van der Waals surface area (Å²) in [5, 5.41) is 0. The molecule has 3 nitrogen and oxygen atoms in total. The van der Waals surface area contributed by atoms with Gasteiger partial charge in [0.25, 0.3) is 0 Å². The van der Waals surface area contributed by atoms with Gasteiger partial charge in [-0.05, 0) is 66.1 Å². The van der Waals surface area contributed by atoms with Gasteiger partial charge >= 0.3 is 0 Å². The summed E-state index contributed by atoms with van der Waals surface area (Å²) in [6.45, 7) is 10.4. The molecule has 1 aliphatic rings. The van der Waals surface area contributed by atoms with Crippen molar-refractivity contribution in [2.45, 2.75) is 57.3 Å². The van der Waals surface area contributed by atoms with E-state index in [4.69, 9.17) is 10.5 Å². The summed E-state index contributed by atoms with van der Waals surface area (Å²) >= 11 is 1.90. The minimum atomic E-state index is -0.195. The smallest absolute Gasteiger partial charge is 0.0829 e. The third-order valence-corrected chi connectivity index (χ3v) is 4.98. The monoisotopic (exact) mass is 274 g/mol. The van der Waals surface area contributed by atoms with Gasteiger partial charge in [0.1, 0.15) is 0 Å². The SMILES string of the molecule is CSCCCN(C)C1(CN)CC(C)(C)OC1(C)C. The highest BCUT2D eigenvalue weighted by atomic mass is 32.2. The maximum atomic E-state index is 6.24. The molecule has 1 aliphatic heterocycles. The van der Waals surface area contributed by atoms with Gasteiger partial charge in [0.2, 0.25) is 0 Å². The van der Waals surface area contributed by atoms with Crippen LogP contribution in [0.2, 0.25) is 0 Å². The van der Waals surface area contributed by atoms with E-state index in [1.807, 2.05) is 11.8 Å². The Hall–Kier alpha value is 0.230. The summed E-state index contributed by atoms with van der Waals surface area (Å²) in [5.41, 5.74) is 5.82. The fourth-order valence-corrected chi connectivity index (χ4v) is 3.89. The Morgan fingerprint density at radius 2 is 1.89 bits per heavy atom. The second kappa shape index (κ2) is 5.70. The second-order valence-corrected chi connectivity index (χ2v) is 7.54. The van der Waals surface area contributed by atoms with Crippen molar-refractivity contribution in [1.82, 2.24) is 4.90 Å². The lowest BCUT2D eigenvalue weighted by Crippen LogP contribution is -2.62. The molecule has 1 rings (SSSR count). The molecule has 0 bridgehead atoms. The molecule has 2 N–H and O–H groups in total. The zero-order valence-corrected chi connectivity index (χ0v) is 13.7. The van der Waals surface area contributed by atoms with E-state index in [1.54, 1.807) is 0 Å². The largest absolute Gasteiger partial charge is 0.368 e. The molecule has 0 aromatic rings. The molecule has 1 unspecified atom stereocenters. The van der Waals surface area contributed by atoms with E-state index in [9.17, 15) is 0 Å². The van der Waals surface area contributed by atoms with E-state index >= 15 is 0 Å². The normalized spacial score (nSPS) is 30.0. The van der Waals surface area contributed by atoms with Crippen LogP contribution in [0.25, 0.3) is 0 Å². The average molecular weight is 274 g/mol. The first-order valence-corrected chi connectivity index (χ1v) is 8.20. The molecule has 4 heteroatoms. The average Bonchev–Trinajstić information content (AvgIpc) is 2.43. The van der Waals surface area contributed by atoms with Gasteiger partial charge in [-0.3, -0.25) is 4.90 Å². The van der Waals surface area contributed by atoms with Gasteiger partial charge in [-0.1, -0.05) is 0 Å². The van der Waals surface area contributed by atoms with Crippen LogP contribution in [0.4, 0.5) is 0 Å². The molecule has 0 spiro atoms. The zero-order valence-electron chi connectivity index (χ0n) is 12.9. The summed E-state index contributed by atoms with van der Waals surface area (Å²) in [7, 11) is 2.19. The lowest BCUT2D eigenvalue weighted by Gasteiger charge is -2.46. The summed E-state index contributed by atoms with van der Waals surface area (Å²) in [5.74, 6) is 1.20. The van der Waals surface area contributed by atoms with Gasteiger partial charge in [-0.2, -0.15) is 11.8 Å². The van der Waals surface area contributed by atoms with Crippen LogP contribution < -0.4 is 5.73 Å². The van der Waals surface area contributed by atoms with Gasteiger partial charge in [0.15, 0.2) is 0 Å². The molecule has 1 saturated heterocycles. The predicted octanol–water partition coefficient (Wildman–Crippen LogP) is 2.35. The number of thioether (sulfide) groups is 1. The van der Waals surface area contributed by atoms with Gasteiger partial charge < -0.3 is 10.5 Å². The minimum Gasteiger partial charge on any atom is -0.368 e. The number of hydrogen-bond donors (Lipinski definition) is 1. The Morgan fingerprint density at radius 3 is 2.28 bits per heavy atom. The number of nitrogens with zero attached hydrogens (tertiary/aromatic N) is 1. The highest BCUT2D eigenvalue weighted by Gasteiger charge is 2.58. The maximum absolute atomic E-state index is 6.24. The van der Waals surface area contributed by atoms with Crippen molar-refractivity contribution in [2.24, 2.45) is 5.73 Å². The molecule has 0 aliphatic carbocycles. The first-order valence-electron chi connectivity index (χ1n) is 6.81. The summed E-state index contributed by atoms with van der Waals surface area (Å²) in [4.78, 5) is 2.43. The Morgan fingerprint density at radius 1 is 1.28 bits per heavy atom. The molecule has 0 radical (unpaired) electrons. The molecular weight excluding hydrogens is 244 g/mol. The molecule has 0 aromatic carbocycles. The minimum absolute atomic E-state index is 0.0467. The van der Waals surface area contributed by atoms with Crippen molar-refractivity contribution in [3.63, 3.8) is 0 Å². The van der Waals surface area contributed by atoms with Crippen molar-refractivity contribution in [3.05, 3.63) is 0 Å². The lowest BCUT2D eigenvalue weighted by atomic mass is 9.77. The maximum Gasteiger partial charge on any atom is 0.0829 e. The molecule has 108 valence electrons. The predicted molar refractivity (Wildman–Crippen MR) is 81.3 cm³/mol. The van der Waals surface area contributed by atoms with E-state index in [0.717, 1.165) is 13.0 Å². The molecule has 1 atom stereocenters. The van der Waals surface area contributed by atoms with Crippen LogP contribution in [0, 0.1) is 0 Å². The van der Waals surface area contributed by atoms with Crippen LogP contribution in [0.15, 0.2) is 0 Å². The number of nitrogens with two attached hydrogens (primary N) is 1. The lowest BCUT2D eigenvalue weighted by molar-refractivity contribution is -0.0999. The number of ether oxygens (including phenoxy) is 1. The van der Waals surface area contributed by atoms with Gasteiger partial charge in [0.05, 0.1) is 16.7 Å². The summed E-state index contributed by atoms with van der Waals surface area (Å²) in [6, 6.07) is 0. The van der Waals surface area contributed by atoms with E-state index in [2.05, 4.69) is 45.9 Å². The van der Waals surface area contributed by atoms with Crippen molar-refractivity contribution in [1.29, 1.82) is 0 Å². The van der Waals surface area contributed by atoms with Crippen LogP contribution in [-0.2, 0) is 4.74 Å². The molecule has 0 saturated carbocycles. The molecular formula is C14H30N2OS. The zero-order chi connectivity index (χ0) is 14.0. The Kier molecular flexibility index (Phi) is 5.15. The van der Waals surface area contributed by atoms with Crippen molar-refractivity contribution in [2.75, 3.05) is 32.1 Å². The Balaban J connectivity index is 2.84. The Labute approximate surface area is 117 Å². The van der Waals surface area contributed by atoms with E-state index in [0.29, 0.717) is 6.54 Å². The van der Waals surface area contributed by atoms with Crippen molar-refractivity contribution in [3.8, 4) is 0 Å². The topological polar surface area (TPSA) is 38.5 Å². The molecule has 1 heterocycles. The first kappa shape index (κ1) is 16.3. The van der Waals surface area contributed by atoms with Gasteiger partial charge in [-0.15, -0.1) is 0 Å². The quantitative estimate of drug-likeness (QED) is 0.755.